The van der Waals surface area contributed by atoms with Crippen LogP contribution in [0.4, 0.5) is 0 Å². The van der Waals surface area contributed by atoms with E-state index in [1.54, 1.807) is 20.3 Å². The summed E-state index contributed by atoms with van der Waals surface area (Å²) in [6, 6.07) is 10.5. The summed E-state index contributed by atoms with van der Waals surface area (Å²) in [5, 5.41) is 0. The maximum atomic E-state index is 5.24. The minimum Gasteiger partial charge on any atom is -0.481 e. The topological polar surface area (TPSA) is 47.5 Å². The second-order valence-electron chi connectivity index (χ2n) is 5.82. The molecule has 1 aromatic heterocycles. The van der Waals surface area contributed by atoms with Crippen LogP contribution >= 0.6 is 0 Å². The van der Waals surface area contributed by atoms with E-state index in [1.165, 1.54) is 31.5 Å². The van der Waals surface area contributed by atoms with Crippen molar-refractivity contribution in [3.8, 4) is 23.1 Å². The second-order valence-corrected chi connectivity index (χ2v) is 5.82. The summed E-state index contributed by atoms with van der Waals surface area (Å²) in [5.74, 6) is 1.63. The molecule has 5 nitrogen and oxygen atoms in total. The van der Waals surface area contributed by atoms with Crippen LogP contribution in [-0.2, 0) is 0 Å². The fraction of sp³-hybridized carbons (Fsp3) is 0.444. The van der Waals surface area contributed by atoms with Gasteiger partial charge in [0.05, 0.1) is 20.3 Å². The second kappa shape index (κ2) is 6.96. The summed E-state index contributed by atoms with van der Waals surface area (Å²) >= 11 is 0. The molecule has 0 aliphatic carbocycles. The van der Waals surface area contributed by atoms with Gasteiger partial charge in [0, 0.05) is 11.6 Å². The lowest BCUT2D eigenvalue weighted by molar-refractivity contribution is 0.263. The van der Waals surface area contributed by atoms with Gasteiger partial charge < -0.3 is 9.47 Å². The van der Waals surface area contributed by atoms with E-state index < -0.39 is 0 Å². The number of hydrogen-bond donors (Lipinski definition) is 0. The highest BCUT2D eigenvalue weighted by molar-refractivity contribution is 5.57. The van der Waals surface area contributed by atoms with Crippen molar-refractivity contribution >= 4 is 0 Å². The molecule has 1 aliphatic heterocycles. The monoisotopic (exact) mass is 313 g/mol. The number of methoxy groups -OCH3 is 2. The smallest absolute Gasteiger partial charge is 0.220 e. The molecule has 2 aromatic rings. The Kier molecular flexibility index (Phi) is 4.76. The van der Waals surface area contributed by atoms with E-state index in [4.69, 9.17) is 9.47 Å². The maximum Gasteiger partial charge on any atom is 0.220 e. The highest BCUT2D eigenvalue weighted by atomic mass is 16.5. The zero-order chi connectivity index (χ0) is 16.2. The number of hydrogen-bond acceptors (Lipinski definition) is 5. The Morgan fingerprint density at radius 1 is 1.00 bits per heavy atom. The summed E-state index contributed by atoms with van der Waals surface area (Å²) in [6.45, 7) is 4.61. The standard InChI is InChI=1S/C18H23N3O2/c1-13(21-9-4-5-10-21)14-7-6-8-15(11-14)18-19-16(22-2)12-17(20-18)23-3/h6-8,11-13H,4-5,9-10H2,1-3H3. The Labute approximate surface area is 137 Å². The fourth-order valence-corrected chi connectivity index (χ4v) is 3.02. The third-order valence-corrected chi connectivity index (χ3v) is 4.41. The molecule has 0 radical (unpaired) electrons. The predicted octanol–water partition coefficient (Wildman–Crippen LogP) is 3.32. The molecule has 0 N–H and O–H groups in total. The first-order valence-corrected chi connectivity index (χ1v) is 8.02. The van der Waals surface area contributed by atoms with Gasteiger partial charge >= 0.3 is 0 Å². The van der Waals surface area contributed by atoms with Crippen LogP contribution in [0.15, 0.2) is 30.3 Å². The normalized spacial score (nSPS) is 16.3. The summed E-state index contributed by atoms with van der Waals surface area (Å²) < 4.78 is 10.5. The van der Waals surface area contributed by atoms with Crippen molar-refractivity contribution < 1.29 is 9.47 Å². The molecule has 122 valence electrons. The average Bonchev–Trinajstić information content (AvgIpc) is 3.15. The zero-order valence-electron chi connectivity index (χ0n) is 14.0. The van der Waals surface area contributed by atoms with Crippen molar-refractivity contribution in [2.45, 2.75) is 25.8 Å². The number of ether oxygens (including phenoxy) is 2. The van der Waals surface area contributed by atoms with Gasteiger partial charge in [0.1, 0.15) is 0 Å². The molecule has 1 saturated heterocycles. The molecular weight excluding hydrogens is 290 g/mol. The lowest BCUT2D eigenvalue weighted by atomic mass is 10.0. The minimum absolute atomic E-state index is 0.407. The van der Waals surface area contributed by atoms with Crippen molar-refractivity contribution in [2.24, 2.45) is 0 Å². The van der Waals surface area contributed by atoms with Gasteiger partial charge in [0.15, 0.2) is 5.82 Å². The Morgan fingerprint density at radius 3 is 2.26 bits per heavy atom. The third kappa shape index (κ3) is 3.45. The molecular formula is C18H23N3O2. The fourth-order valence-electron chi connectivity index (χ4n) is 3.02. The minimum atomic E-state index is 0.407. The van der Waals surface area contributed by atoms with Crippen molar-refractivity contribution in [2.75, 3.05) is 27.3 Å². The first-order chi connectivity index (χ1) is 11.2. The van der Waals surface area contributed by atoms with Gasteiger partial charge in [0.2, 0.25) is 11.8 Å². The van der Waals surface area contributed by atoms with E-state index in [0.717, 1.165) is 5.56 Å². The summed E-state index contributed by atoms with van der Waals surface area (Å²) in [5.41, 5.74) is 2.26. The van der Waals surface area contributed by atoms with Gasteiger partial charge in [-0.25, -0.2) is 0 Å². The van der Waals surface area contributed by atoms with Crippen LogP contribution in [0.5, 0.6) is 11.8 Å². The van der Waals surface area contributed by atoms with E-state index in [9.17, 15) is 0 Å². The number of benzene rings is 1. The highest BCUT2D eigenvalue weighted by Crippen LogP contribution is 2.28. The summed E-state index contributed by atoms with van der Waals surface area (Å²) in [4.78, 5) is 11.4. The molecule has 0 bridgehead atoms. The van der Waals surface area contributed by atoms with Crippen LogP contribution in [-0.4, -0.2) is 42.2 Å². The SMILES string of the molecule is COc1cc(OC)nc(-c2cccc(C(C)N3CCCC3)c2)n1. The quantitative estimate of drug-likeness (QED) is 0.847. The van der Waals surface area contributed by atoms with Crippen LogP contribution in [0.25, 0.3) is 11.4 Å². The Balaban J connectivity index is 1.93. The van der Waals surface area contributed by atoms with Gasteiger partial charge in [-0.3, -0.25) is 4.90 Å². The van der Waals surface area contributed by atoms with E-state index in [0.29, 0.717) is 23.6 Å². The Hall–Kier alpha value is -2.14. The van der Waals surface area contributed by atoms with Crippen LogP contribution in [0, 0.1) is 0 Å². The average molecular weight is 313 g/mol. The molecule has 3 rings (SSSR count). The number of likely N-dealkylation sites (tertiary alicyclic amines) is 1. The largest absolute Gasteiger partial charge is 0.481 e. The molecule has 0 saturated carbocycles. The van der Waals surface area contributed by atoms with Crippen LogP contribution in [0.3, 0.4) is 0 Å². The summed E-state index contributed by atoms with van der Waals surface area (Å²) in [6.07, 6.45) is 2.58. The third-order valence-electron chi connectivity index (χ3n) is 4.41. The first-order valence-electron chi connectivity index (χ1n) is 8.02. The molecule has 23 heavy (non-hydrogen) atoms. The summed E-state index contributed by atoms with van der Waals surface area (Å²) in [7, 11) is 3.19. The molecule has 1 unspecified atom stereocenters. The molecule has 5 heteroatoms. The number of nitrogens with zero attached hydrogens (tertiary/aromatic N) is 3. The van der Waals surface area contributed by atoms with Crippen molar-refractivity contribution in [3.63, 3.8) is 0 Å². The van der Waals surface area contributed by atoms with Gasteiger partial charge in [-0.05, 0) is 44.5 Å². The van der Waals surface area contributed by atoms with E-state index in [1.807, 2.05) is 6.07 Å². The number of aromatic nitrogens is 2. The molecule has 1 atom stereocenters. The Morgan fingerprint density at radius 2 is 1.65 bits per heavy atom. The molecule has 1 aromatic carbocycles. The predicted molar refractivity (Wildman–Crippen MR) is 89.8 cm³/mol. The van der Waals surface area contributed by atoms with Crippen molar-refractivity contribution in [1.29, 1.82) is 0 Å². The molecule has 1 fully saturated rings. The number of rotatable bonds is 5. The van der Waals surface area contributed by atoms with Crippen molar-refractivity contribution in [3.05, 3.63) is 35.9 Å². The molecule has 2 heterocycles. The van der Waals surface area contributed by atoms with Gasteiger partial charge in [-0.2, -0.15) is 9.97 Å². The lowest BCUT2D eigenvalue weighted by Crippen LogP contribution is -2.23. The zero-order valence-corrected chi connectivity index (χ0v) is 14.0. The molecule has 1 aliphatic rings. The Bertz CT molecular complexity index is 647. The van der Waals surface area contributed by atoms with Gasteiger partial charge in [-0.15, -0.1) is 0 Å². The van der Waals surface area contributed by atoms with Crippen LogP contribution < -0.4 is 9.47 Å². The highest BCUT2D eigenvalue weighted by Gasteiger charge is 2.20. The lowest BCUT2D eigenvalue weighted by Gasteiger charge is -2.24. The van der Waals surface area contributed by atoms with Gasteiger partial charge in [0.25, 0.3) is 0 Å². The van der Waals surface area contributed by atoms with Crippen LogP contribution in [0.1, 0.15) is 31.4 Å². The molecule has 0 spiro atoms. The first kappa shape index (κ1) is 15.7. The van der Waals surface area contributed by atoms with Gasteiger partial charge in [-0.1, -0.05) is 18.2 Å². The van der Waals surface area contributed by atoms with E-state index in [2.05, 4.69) is 40.0 Å². The van der Waals surface area contributed by atoms with Crippen molar-refractivity contribution in [1.82, 2.24) is 14.9 Å². The maximum absolute atomic E-state index is 5.24. The molecule has 0 amide bonds. The van der Waals surface area contributed by atoms with E-state index >= 15 is 0 Å². The van der Waals surface area contributed by atoms with Crippen LogP contribution in [0.2, 0.25) is 0 Å². The van der Waals surface area contributed by atoms with E-state index in [-0.39, 0.29) is 0 Å².